The van der Waals surface area contributed by atoms with Crippen molar-refractivity contribution in [3.63, 3.8) is 0 Å². The zero-order valence-electron chi connectivity index (χ0n) is 11.3. The van der Waals surface area contributed by atoms with Crippen LogP contribution in [0, 0.1) is 0 Å². The van der Waals surface area contributed by atoms with Gasteiger partial charge < -0.3 is 19.2 Å². The van der Waals surface area contributed by atoms with Crippen LogP contribution >= 0.6 is 0 Å². The van der Waals surface area contributed by atoms with Crippen LogP contribution in [-0.2, 0) is 4.79 Å². The number of hydrogen-bond donors (Lipinski definition) is 1. The highest BCUT2D eigenvalue weighted by Crippen LogP contribution is 2.28. The van der Waals surface area contributed by atoms with Gasteiger partial charge in [-0.2, -0.15) is 0 Å². The first-order chi connectivity index (χ1) is 9.72. The van der Waals surface area contributed by atoms with E-state index in [1.165, 1.54) is 13.2 Å². The Balaban J connectivity index is 2.07. The molecule has 0 saturated carbocycles. The topological polar surface area (TPSA) is 60.7 Å². The van der Waals surface area contributed by atoms with Gasteiger partial charge in [0.25, 0.3) is 0 Å². The Morgan fingerprint density at radius 3 is 2.75 bits per heavy atom. The molecule has 0 unspecified atom stereocenters. The number of carbonyl (C=O) groups excluding carboxylic acids is 1. The highest BCUT2D eigenvalue weighted by Gasteiger charge is 2.07. The molecule has 20 heavy (non-hydrogen) atoms. The van der Waals surface area contributed by atoms with Gasteiger partial charge in [-0.05, 0) is 30.3 Å². The lowest BCUT2D eigenvalue weighted by molar-refractivity contribution is -0.111. The van der Waals surface area contributed by atoms with E-state index in [9.17, 15) is 4.79 Å². The molecule has 5 heteroatoms. The van der Waals surface area contributed by atoms with Gasteiger partial charge in [0.15, 0.2) is 0 Å². The van der Waals surface area contributed by atoms with E-state index in [0.717, 1.165) is 0 Å². The van der Waals surface area contributed by atoms with E-state index >= 15 is 0 Å². The summed E-state index contributed by atoms with van der Waals surface area (Å²) < 4.78 is 15.4. The number of furan rings is 1. The molecule has 0 aliphatic rings. The van der Waals surface area contributed by atoms with Crippen molar-refractivity contribution in [3.05, 3.63) is 48.4 Å². The summed E-state index contributed by atoms with van der Waals surface area (Å²) >= 11 is 0. The van der Waals surface area contributed by atoms with Gasteiger partial charge in [-0.15, -0.1) is 0 Å². The first kappa shape index (κ1) is 13.7. The fraction of sp³-hybridized carbons (Fsp3) is 0.133. The molecule has 0 bridgehead atoms. The SMILES string of the molecule is COc1ccc(NC(=O)/C=C/c2ccco2)c(OC)c1. The molecular weight excluding hydrogens is 258 g/mol. The second kappa shape index (κ2) is 6.47. The molecular formula is C15H15NO4. The van der Waals surface area contributed by atoms with Crippen molar-refractivity contribution in [2.24, 2.45) is 0 Å². The number of anilines is 1. The number of amides is 1. The van der Waals surface area contributed by atoms with Crippen LogP contribution in [0.2, 0.25) is 0 Å². The Kier molecular flexibility index (Phi) is 4.44. The summed E-state index contributed by atoms with van der Waals surface area (Å²) in [4.78, 5) is 11.8. The largest absolute Gasteiger partial charge is 0.497 e. The van der Waals surface area contributed by atoms with Crippen LogP contribution < -0.4 is 14.8 Å². The molecule has 0 radical (unpaired) electrons. The van der Waals surface area contributed by atoms with Gasteiger partial charge >= 0.3 is 0 Å². The third-order valence-corrected chi connectivity index (χ3v) is 2.61. The molecule has 0 spiro atoms. The number of ether oxygens (including phenoxy) is 2. The van der Waals surface area contributed by atoms with Gasteiger partial charge in [-0.3, -0.25) is 4.79 Å². The lowest BCUT2D eigenvalue weighted by atomic mass is 10.2. The van der Waals surface area contributed by atoms with Crippen LogP contribution in [0.15, 0.2) is 47.1 Å². The van der Waals surface area contributed by atoms with Gasteiger partial charge in [-0.25, -0.2) is 0 Å². The summed E-state index contributed by atoms with van der Waals surface area (Å²) in [7, 11) is 3.10. The fourth-order valence-electron chi connectivity index (χ4n) is 1.62. The Bertz CT molecular complexity index is 602. The summed E-state index contributed by atoms with van der Waals surface area (Å²) in [6, 6.07) is 8.68. The van der Waals surface area contributed by atoms with Crippen molar-refractivity contribution in [1.82, 2.24) is 0 Å². The van der Waals surface area contributed by atoms with Gasteiger partial charge in [0.05, 0.1) is 26.2 Å². The van der Waals surface area contributed by atoms with Crippen LogP contribution in [0.5, 0.6) is 11.5 Å². The van der Waals surface area contributed by atoms with E-state index in [1.54, 1.807) is 49.8 Å². The Labute approximate surface area is 116 Å². The number of rotatable bonds is 5. The molecule has 0 aliphatic heterocycles. The van der Waals surface area contributed by atoms with Crippen molar-refractivity contribution in [2.75, 3.05) is 19.5 Å². The lowest BCUT2D eigenvalue weighted by Gasteiger charge is -2.10. The molecule has 0 aliphatic carbocycles. The van der Waals surface area contributed by atoms with Crippen molar-refractivity contribution in [3.8, 4) is 11.5 Å². The molecule has 2 aromatic rings. The third kappa shape index (κ3) is 3.41. The molecule has 0 atom stereocenters. The van der Waals surface area contributed by atoms with Crippen LogP contribution in [-0.4, -0.2) is 20.1 Å². The van der Waals surface area contributed by atoms with E-state index in [0.29, 0.717) is 22.9 Å². The summed E-state index contributed by atoms with van der Waals surface area (Å²) in [5, 5.41) is 2.73. The minimum atomic E-state index is -0.273. The molecule has 1 N–H and O–H groups in total. The second-order valence-electron chi connectivity index (χ2n) is 3.90. The van der Waals surface area contributed by atoms with E-state index in [4.69, 9.17) is 13.9 Å². The molecule has 0 fully saturated rings. The van der Waals surface area contributed by atoms with Gasteiger partial charge in [0.1, 0.15) is 17.3 Å². The quantitative estimate of drug-likeness (QED) is 0.851. The molecule has 1 heterocycles. The number of nitrogens with one attached hydrogen (secondary N) is 1. The summed E-state index contributed by atoms with van der Waals surface area (Å²) in [6.07, 6.45) is 4.53. The number of benzene rings is 1. The molecule has 1 amide bonds. The molecule has 104 valence electrons. The van der Waals surface area contributed by atoms with E-state index in [1.807, 2.05) is 0 Å². The Morgan fingerprint density at radius 1 is 1.25 bits per heavy atom. The summed E-state index contributed by atoms with van der Waals surface area (Å²) in [5.41, 5.74) is 0.572. The Hall–Kier alpha value is -2.69. The average Bonchev–Trinajstić information content (AvgIpc) is 2.99. The Morgan fingerprint density at radius 2 is 2.10 bits per heavy atom. The van der Waals surface area contributed by atoms with Crippen molar-refractivity contribution < 1.29 is 18.7 Å². The van der Waals surface area contributed by atoms with Crippen LogP contribution in [0.1, 0.15) is 5.76 Å². The first-order valence-electron chi connectivity index (χ1n) is 5.97. The second-order valence-corrected chi connectivity index (χ2v) is 3.90. The predicted molar refractivity (Wildman–Crippen MR) is 75.9 cm³/mol. The van der Waals surface area contributed by atoms with Crippen LogP contribution in [0.3, 0.4) is 0 Å². The lowest BCUT2D eigenvalue weighted by Crippen LogP contribution is -2.08. The van der Waals surface area contributed by atoms with Gasteiger partial charge in [-0.1, -0.05) is 0 Å². The number of hydrogen-bond acceptors (Lipinski definition) is 4. The monoisotopic (exact) mass is 273 g/mol. The molecule has 5 nitrogen and oxygen atoms in total. The average molecular weight is 273 g/mol. The van der Waals surface area contributed by atoms with Crippen molar-refractivity contribution >= 4 is 17.7 Å². The van der Waals surface area contributed by atoms with Gasteiger partial charge in [0, 0.05) is 12.1 Å². The zero-order valence-corrected chi connectivity index (χ0v) is 11.3. The highest BCUT2D eigenvalue weighted by atomic mass is 16.5. The molecule has 0 saturated heterocycles. The predicted octanol–water partition coefficient (Wildman–Crippen LogP) is 2.95. The smallest absolute Gasteiger partial charge is 0.248 e. The number of methoxy groups -OCH3 is 2. The third-order valence-electron chi connectivity index (χ3n) is 2.61. The van der Waals surface area contributed by atoms with E-state index in [-0.39, 0.29) is 5.91 Å². The maximum absolute atomic E-state index is 11.8. The first-order valence-corrected chi connectivity index (χ1v) is 5.97. The van der Waals surface area contributed by atoms with Crippen molar-refractivity contribution in [1.29, 1.82) is 0 Å². The van der Waals surface area contributed by atoms with Crippen molar-refractivity contribution in [2.45, 2.75) is 0 Å². The summed E-state index contributed by atoms with van der Waals surface area (Å²) in [5.74, 6) is 1.53. The highest BCUT2D eigenvalue weighted by molar-refractivity contribution is 6.02. The standard InChI is InChI=1S/C15H15NO4/c1-18-12-5-7-13(14(10-12)19-2)16-15(17)8-6-11-4-3-9-20-11/h3-10H,1-2H3,(H,16,17)/b8-6+. The normalized spacial score (nSPS) is 10.5. The van der Waals surface area contributed by atoms with E-state index < -0.39 is 0 Å². The molecule has 2 rings (SSSR count). The number of carbonyl (C=O) groups is 1. The fourth-order valence-corrected chi connectivity index (χ4v) is 1.62. The maximum Gasteiger partial charge on any atom is 0.248 e. The molecule has 1 aromatic heterocycles. The van der Waals surface area contributed by atoms with Crippen LogP contribution in [0.25, 0.3) is 6.08 Å². The zero-order chi connectivity index (χ0) is 14.4. The van der Waals surface area contributed by atoms with Gasteiger partial charge in [0.2, 0.25) is 5.91 Å². The molecule has 1 aromatic carbocycles. The minimum absolute atomic E-state index is 0.273. The van der Waals surface area contributed by atoms with Crippen LogP contribution in [0.4, 0.5) is 5.69 Å². The maximum atomic E-state index is 11.8. The van der Waals surface area contributed by atoms with E-state index in [2.05, 4.69) is 5.32 Å². The summed E-state index contributed by atoms with van der Waals surface area (Å²) in [6.45, 7) is 0. The minimum Gasteiger partial charge on any atom is -0.497 e.